The van der Waals surface area contributed by atoms with E-state index in [0.717, 1.165) is 4.90 Å². The van der Waals surface area contributed by atoms with E-state index < -0.39 is 29.5 Å². The van der Waals surface area contributed by atoms with Gasteiger partial charge in [0.25, 0.3) is 17.1 Å². The first-order chi connectivity index (χ1) is 14.3. The van der Waals surface area contributed by atoms with Crippen molar-refractivity contribution in [2.24, 2.45) is 5.73 Å². The molecule has 1 heterocycles. The van der Waals surface area contributed by atoms with E-state index in [9.17, 15) is 19.2 Å². The van der Waals surface area contributed by atoms with Crippen LogP contribution in [0.2, 0.25) is 5.02 Å². The molecule has 0 aromatic heterocycles. The average molecular weight is 446 g/mol. The minimum Gasteiger partial charge on any atom is -0.483 e. The number of hydrogen-bond donors (Lipinski definition) is 2. The number of imide groups is 1. The van der Waals surface area contributed by atoms with Gasteiger partial charge in [-0.3, -0.25) is 24.1 Å². The number of carbonyl (C=O) groups excluding carboxylic acids is 4. The van der Waals surface area contributed by atoms with Crippen molar-refractivity contribution in [3.63, 3.8) is 0 Å². The second-order valence-electron chi connectivity index (χ2n) is 6.09. The number of ether oxygens (including phenoxy) is 1. The molecular weight excluding hydrogens is 430 g/mol. The highest BCUT2D eigenvalue weighted by Crippen LogP contribution is 2.33. The summed E-state index contributed by atoms with van der Waals surface area (Å²) in [5, 5.41) is 2.47. The molecule has 1 saturated heterocycles. The molecule has 2 aromatic carbocycles. The molecule has 1 fully saturated rings. The first-order valence-corrected chi connectivity index (χ1v) is 9.84. The van der Waals surface area contributed by atoms with Crippen molar-refractivity contribution in [1.29, 1.82) is 0 Å². The molecule has 0 spiro atoms. The van der Waals surface area contributed by atoms with Gasteiger partial charge in [0.15, 0.2) is 6.61 Å². The summed E-state index contributed by atoms with van der Waals surface area (Å²) < 4.78 is 5.58. The number of nitrogens with two attached hydrogens (primary N) is 1. The summed E-state index contributed by atoms with van der Waals surface area (Å²) in [6.45, 7) is -0.776. The largest absolute Gasteiger partial charge is 0.483 e. The molecular formula is C20H16ClN3O5S. The van der Waals surface area contributed by atoms with E-state index >= 15 is 0 Å². The summed E-state index contributed by atoms with van der Waals surface area (Å²) in [4.78, 5) is 48.4. The van der Waals surface area contributed by atoms with Crippen molar-refractivity contribution < 1.29 is 23.9 Å². The zero-order valence-electron chi connectivity index (χ0n) is 15.5. The molecule has 0 atom stereocenters. The Hall–Kier alpha value is -3.30. The predicted molar refractivity (Wildman–Crippen MR) is 114 cm³/mol. The first-order valence-electron chi connectivity index (χ1n) is 8.65. The van der Waals surface area contributed by atoms with Crippen LogP contribution in [0.15, 0.2) is 53.4 Å². The fourth-order valence-corrected chi connectivity index (χ4v) is 3.57. The number of nitrogens with one attached hydrogen (secondary N) is 1. The van der Waals surface area contributed by atoms with Crippen molar-refractivity contribution >= 4 is 58.1 Å². The lowest BCUT2D eigenvalue weighted by molar-refractivity contribution is -0.127. The van der Waals surface area contributed by atoms with Gasteiger partial charge in [-0.15, -0.1) is 0 Å². The Morgan fingerprint density at radius 1 is 1.13 bits per heavy atom. The number of benzene rings is 2. The van der Waals surface area contributed by atoms with Gasteiger partial charge >= 0.3 is 0 Å². The number of para-hydroxylation sites is 2. The van der Waals surface area contributed by atoms with Crippen LogP contribution in [0.4, 0.5) is 10.5 Å². The van der Waals surface area contributed by atoms with Crippen molar-refractivity contribution in [2.45, 2.75) is 0 Å². The number of primary amides is 1. The highest BCUT2D eigenvalue weighted by molar-refractivity contribution is 8.18. The monoisotopic (exact) mass is 445 g/mol. The van der Waals surface area contributed by atoms with Crippen LogP contribution in [-0.4, -0.2) is 41.0 Å². The number of thioether (sulfide) groups is 1. The summed E-state index contributed by atoms with van der Waals surface area (Å²) in [6, 6.07) is 13.5. The number of rotatable bonds is 7. The Labute approximate surface area is 181 Å². The van der Waals surface area contributed by atoms with Crippen molar-refractivity contribution in [3.8, 4) is 5.75 Å². The van der Waals surface area contributed by atoms with Crippen LogP contribution in [0.1, 0.15) is 5.56 Å². The smallest absolute Gasteiger partial charge is 0.294 e. The lowest BCUT2D eigenvalue weighted by atomic mass is 10.2. The molecule has 8 nitrogen and oxygen atoms in total. The number of hydrogen-bond acceptors (Lipinski definition) is 6. The standard InChI is InChI=1S/C20H16ClN3O5S/c21-13-6-2-3-7-14(13)23-18(26)11-29-15-8-4-1-5-12(15)9-16-19(27)24(10-17(22)25)20(28)30-16/h1-9H,10-11H2,(H2,22,25)(H,23,26)/b16-9-. The number of nitrogens with zero attached hydrogens (tertiary/aromatic N) is 1. The Morgan fingerprint density at radius 3 is 2.57 bits per heavy atom. The van der Waals surface area contributed by atoms with Gasteiger partial charge in [-0.2, -0.15) is 0 Å². The van der Waals surface area contributed by atoms with Gasteiger partial charge in [-0.25, -0.2) is 0 Å². The van der Waals surface area contributed by atoms with Crippen molar-refractivity contribution in [1.82, 2.24) is 4.90 Å². The number of amides is 4. The molecule has 3 rings (SSSR count). The van der Waals surface area contributed by atoms with Crippen molar-refractivity contribution in [3.05, 3.63) is 64.0 Å². The molecule has 4 amide bonds. The number of halogens is 1. The summed E-state index contributed by atoms with van der Waals surface area (Å²) in [5.41, 5.74) is 6.03. The number of anilines is 1. The normalized spacial score (nSPS) is 14.8. The molecule has 154 valence electrons. The summed E-state index contributed by atoms with van der Waals surface area (Å²) in [7, 11) is 0. The molecule has 1 aliphatic rings. The van der Waals surface area contributed by atoms with E-state index in [1.54, 1.807) is 48.5 Å². The molecule has 1 aliphatic heterocycles. The van der Waals surface area contributed by atoms with Gasteiger partial charge in [0.1, 0.15) is 12.3 Å². The van der Waals surface area contributed by atoms with Crippen LogP contribution < -0.4 is 15.8 Å². The van der Waals surface area contributed by atoms with Crippen LogP contribution in [0, 0.1) is 0 Å². The van der Waals surface area contributed by atoms with Crippen LogP contribution in [-0.2, 0) is 14.4 Å². The predicted octanol–water partition coefficient (Wildman–Crippen LogP) is 2.88. The quantitative estimate of drug-likeness (QED) is 0.632. The van der Waals surface area contributed by atoms with E-state index in [0.29, 0.717) is 33.8 Å². The maximum absolute atomic E-state index is 12.4. The zero-order chi connectivity index (χ0) is 21.7. The second kappa shape index (κ2) is 9.47. The fraction of sp³-hybridized carbons (Fsp3) is 0.100. The lowest BCUT2D eigenvalue weighted by Gasteiger charge is -2.11. The maximum Gasteiger partial charge on any atom is 0.294 e. The van der Waals surface area contributed by atoms with E-state index in [1.807, 2.05) is 0 Å². The molecule has 0 unspecified atom stereocenters. The van der Waals surface area contributed by atoms with E-state index in [4.69, 9.17) is 22.1 Å². The van der Waals surface area contributed by atoms with Gasteiger partial charge in [-0.1, -0.05) is 41.9 Å². The summed E-state index contributed by atoms with van der Waals surface area (Å²) in [6.07, 6.45) is 1.47. The van der Waals surface area contributed by atoms with Gasteiger partial charge in [0.05, 0.1) is 15.6 Å². The molecule has 30 heavy (non-hydrogen) atoms. The highest BCUT2D eigenvalue weighted by atomic mass is 35.5. The van der Waals surface area contributed by atoms with Gasteiger partial charge < -0.3 is 15.8 Å². The molecule has 3 N–H and O–H groups in total. The third-order valence-corrected chi connectivity index (χ3v) is 5.14. The van der Waals surface area contributed by atoms with Crippen LogP contribution in [0.25, 0.3) is 6.08 Å². The van der Waals surface area contributed by atoms with Gasteiger partial charge in [0, 0.05) is 5.56 Å². The molecule has 10 heteroatoms. The van der Waals surface area contributed by atoms with Crippen LogP contribution in [0.5, 0.6) is 5.75 Å². The topological polar surface area (TPSA) is 119 Å². The maximum atomic E-state index is 12.4. The van der Waals surface area contributed by atoms with E-state index in [2.05, 4.69) is 5.32 Å². The average Bonchev–Trinajstić information content (AvgIpc) is 2.96. The third-order valence-electron chi connectivity index (χ3n) is 3.90. The SMILES string of the molecule is NC(=O)CN1C(=O)S/C(=C\c2ccccc2OCC(=O)Nc2ccccc2Cl)C1=O. The third kappa shape index (κ3) is 5.19. The summed E-state index contributed by atoms with van der Waals surface area (Å²) in [5.74, 6) is -1.48. The first kappa shape index (κ1) is 21.4. The molecule has 0 aliphatic carbocycles. The fourth-order valence-electron chi connectivity index (χ4n) is 2.56. The molecule has 0 saturated carbocycles. The zero-order valence-corrected chi connectivity index (χ0v) is 17.0. The molecule has 2 aromatic rings. The molecule has 0 radical (unpaired) electrons. The highest BCUT2D eigenvalue weighted by Gasteiger charge is 2.36. The Kier molecular flexibility index (Phi) is 6.76. The second-order valence-corrected chi connectivity index (χ2v) is 7.49. The van der Waals surface area contributed by atoms with Gasteiger partial charge in [0.2, 0.25) is 5.91 Å². The Bertz CT molecular complexity index is 1060. The summed E-state index contributed by atoms with van der Waals surface area (Å²) >= 11 is 6.71. The van der Waals surface area contributed by atoms with E-state index in [-0.39, 0.29) is 11.5 Å². The van der Waals surface area contributed by atoms with Crippen LogP contribution >= 0.6 is 23.4 Å². The minimum absolute atomic E-state index is 0.123. The van der Waals surface area contributed by atoms with Gasteiger partial charge in [-0.05, 0) is 36.0 Å². The molecule has 0 bridgehead atoms. The minimum atomic E-state index is -0.785. The lowest BCUT2D eigenvalue weighted by Crippen LogP contribution is -2.36. The Morgan fingerprint density at radius 2 is 1.83 bits per heavy atom. The van der Waals surface area contributed by atoms with E-state index in [1.165, 1.54) is 6.08 Å². The van der Waals surface area contributed by atoms with Crippen molar-refractivity contribution in [2.75, 3.05) is 18.5 Å². The Balaban J connectivity index is 1.70. The van der Waals surface area contributed by atoms with Crippen LogP contribution in [0.3, 0.4) is 0 Å². The number of carbonyl (C=O) groups is 4.